The van der Waals surface area contributed by atoms with Gasteiger partial charge in [0.2, 0.25) is 6.29 Å². The summed E-state index contributed by atoms with van der Waals surface area (Å²) in [6.07, 6.45) is 3.49. The first kappa shape index (κ1) is 9.59. The lowest BCUT2D eigenvalue weighted by Gasteiger charge is -2.15. The summed E-state index contributed by atoms with van der Waals surface area (Å²) < 4.78 is 0. The molecule has 0 saturated heterocycles. The van der Waals surface area contributed by atoms with E-state index in [4.69, 9.17) is 5.11 Å². The van der Waals surface area contributed by atoms with Crippen LogP contribution in [0.2, 0.25) is 0 Å². The molecule has 0 saturated carbocycles. The van der Waals surface area contributed by atoms with Crippen LogP contribution in [-0.4, -0.2) is 23.7 Å². The van der Waals surface area contributed by atoms with Gasteiger partial charge in [-0.3, -0.25) is 10.1 Å². The minimum atomic E-state index is -1.46. The summed E-state index contributed by atoms with van der Waals surface area (Å²) in [5.41, 5.74) is -1.46. The van der Waals surface area contributed by atoms with Crippen molar-refractivity contribution >= 4 is 6.29 Å². The van der Waals surface area contributed by atoms with Crippen LogP contribution in [0.1, 0.15) is 26.7 Å². The SMILES string of the molecule is CCCCNC(C)(O)[C]=O. The average molecular weight is 144 g/mol. The Kier molecular flexibility index (Phi) is 4.23. The monoisotopic (exact) mass is 144 g/mol. The lowest BCUT2D eigenvalue weighted by Crippen LogP contribution is -2.43. The molecular weight excluding hydrogens is 130 g/mol. The van der Waals surface area contributed by atoms with E-state index in [1.165, 1.54) is 13.2 Å². The molecule has 10 heavy (non-hydrogen) atoms. The number of rotatable bonds is 5. The van der Waals surface area contributed by atoms with E-state index in [1.807, 2.05) is 6.92 Å². The van der Waals surface area contributed by atoms with E-state index in [0.717, 1.165) is 12.8 Å². The summed E-state index contributed by atoms with van der Waals surface area (Å²) in [4.78, 5) is 9.98. The molecule has 0 aliphatic rings. The van der Waals surface area contributed by atoms with Crippen molar-refractivity contribution in [1.29, 1.82) is 0 Å². The highest BCUT2D eigenvalue weighted by atomic mass is 16.3. The summed E-state index contributed by atoms with van der Waals surface area (Å²) in [5.74, 6) is 0. The molecule has 1 unspecified atom stereocenters. The Morgan fingerprint density at radius 1 is 1.70 bits per heavy atom. The Balaban J connectivity index is 3.37. The summed E-state index contributed by atoms with van der Waals surface area (Å²) in [6.45, 7) is 4.08. The lowest BCUT2D eigenvalue weighted by molar-refractivity contribution is 0.0909. The van der Waals surface area contributed by atoms with Gasteiger partial charge in [0.25, 0.3) is 0 Å². The lowest BCUT2D eigenvalue weighted by atomic mass is 10.2. The van der Waals surface area contributed by atoms with E-state index in [1.54, 1.807) is 0 Å². The van der Waals surface area contributed by atoms with Crippen molar-refractivity contribution in [3.63, 3.8) is 0 Å². The Labute approximate surface area is 61.4 Å². The number of aliphatic hydroxyl groups is 1. The van der Waals surface area contributed by atoms with Crippen molar-refractivity contribution in [1.82, 2.24) is 5.32 Å². The zero-order chi connectivity index (χ0) is 8.04. The summed E-state index contributed by atoms with van der Waals surface area (Å²) >= 11 is 0. The number of hydrogen-bond acceptors (Lipinski definition) is 3. The van der Waals surface area contributed by atoms with Gasteiger partial charge in [-0.25, -0.2) is 0 Å². The topological polar surface area (TPSA) is 49.3 Å². The highest BCUT2D eigenvalue weighted by Crippen LogP contribution is 1.92. The first-order valence-electron chi connectivity index (χ1n) is 3.49. The molecule has 0 rings (SSSR count). The second kappa shape index (κ2) is 4.41. The van der Waals surface area contributed by atoms with Crippen LogP contribution in [0.4, 0.5) is 0 Å². The molecule has 2 N–H and O–H groups in total. The van der Waals surface area contributed by atoms with Crippen LogP contribution in [0.5, 0.6) is 0 Å². The van der Waals surface area contributed by atoms with E-state index in [0.29, 0.717) is 6.54 Å². The van der Waals surface area contributed by atoms with E-state index in [9.17, 15) is 4.79 Å². The third-order valence-corrected chi connectivity index (χ3v) is 1.20. The van der Waals surface area contributed by atoms with Gasteiger partial charge < -0.3 is 5.11 Å². The zero-order valence-corrected chi connectivity index (χ0v) is 6.48. The van der Waals surface area contributed by atoms with Gasteiger partial charge in [-0.15, -0.1) is 0 Å². The standard InChI is InChI=1S/C7H14NO2/c1-3-4-5-8-7(2,10)6-9/h8,10H,3-5H2,1-2H3. The minimum absolute atomic E-state index is 0.652. The second-order valence-corrected chi connectivity index (χ2v) is 2.45. The third kappa shape index (κ3) is 4.47. The first-order valence-corrected chi connectivity index (χ1v) is 3.49. The van der Waals surface area contributed by atoms with Crippen LogP contribution in [0, 0.1) is 0 Å². The Hall–Kier alpha value is -0.410. The molecule has 0 heterocycles. The highest BCUT2D eigenvalue weighted by molar-refractivity contribution is 5.61. The van der Waals surface area contributed by atoms with Gasteiger partial charge >= 0.3 is 0 Å². The van der Waals surface area contributed by atoms with Crippen molar-refractivity contribution in [2.75, 3.05) is 6.54 Å². The van der Waals surface area contributed by atoms with Gasteiger partial charge in [-0.05, 0) is 19.9 Å². The van der Waals surface area contributed by atoms with Gasteiger partial charge in [-0.2, -0.15) is 0 Å². The number of hydrogen-bond donors (Lipinski definition) is 2. The van der Waals surface area contributed by atoms with Crippen molar-refractivity contribution in [2.24, 2.45) is 0 Å². The second-order valence-electron chi connectivity index (χ2n) is 2.45. The molecular formula is C7H14NO2. The van der Waals surface area contributed by atoms with Gasteiger partial charge in [0.05, 0.1) is 0 Å². The van der Waals surface area contributed by atoms with Crippen molar-refractivity contribution in [2.45, 2.75) is 32.4 Å². The molecule has 0 aliphatic heterocycles. The largest absolute Gasteiger partial charge is 0.369 e. The number of unbranched alkanes of at least 4 members (excludes halogenated alkanes) is 1. The third-order valence-electron chi connectivity index (χ3n) is 1.20. The van der Waals surface area contributed by atoms with Crippen molar-refractivity contribution < 1.29 is 9.90 Å². The summed E-state index contributed by atoms with van der Waals surface area (Å²) in [5, 5.41) is 11.7. The smallest absolute Gasteiger partial charge is 0.249 e. The molecule has 0 fully saturated rings. The van der Waals surface area contributed by atoms with Crippen LogP contribution >= 0.6 is 0 Å². The zero-order valence-electron chi connectivity index (χ0n) is 6.48. The molecule has 0 amide bonds. The van der Waals surface area contributed by atoms with E-state index >= 15 is 0 Å². The van der Waals surface area contributed by atoms with Gasteiger partial charge in [0.15, 0.2) is 5.72 Å². The maximum Gasteiger partial charge on any atom is 0.249 e. The Bertz CT molecular complexity index is 102. The average Bonchev–Trinajstić information content (AvgIpc) is 1.89. The maximum atomic E-state index is 9.98. The van der Waals surface area contributed by atoms with Crippen LogP contribution in [0.15, 0.2) is 0 Å². The fourth-order valence-corrected chi connectivity index (χ4v) is 0.545. The van der Waals surface area contributed by atoms with Crippen LogP contribution in [-0.2, 0) is 4.79 Å². The number of nitrogens with one attached hydrogen (secondary N) is 1. The van der Waals surface area contributed by atoms with Gasteiger partial charge in [0.1, 0.15) is 0 Å². The summed E-state index contributed by atoms with van der Waals surface area (Å²) in [6, 6.07) is 0. The van der Waals surface area contributed by atoms with Crippen LogP contribution < -0.4 is 5.32 Å². The van der Waals surface area contributed by atoms with Crippen molar-refractivity contribution in [3.8, 4) is 0 Å². The predicted octanol–water partition coefficient (Wildman–Crippen LogP) is 0.194. The van der Waals surface area contributed by atoms with Crippen LogP contribution in [0.3, 0.4) is 0 Å². The molecule has 1 atom stereocenters. The Morgan fingerprint density at radius 2 is 2.30 bits per heavy atom. The molecule has 59 valence electrons. The minimum Gasteiger partial charge on any atom is -0.369 e. The molecule has 0 aromatic carbocycles. The molecule has 0 aromatic rings. The quantitative estimate of drug-likeness (QED) is 0.428. The molecule has 1 radical (unpaired) electrons. The Morgan fingerprint density at radius 3 is 2.70 bits per heavy atom. The molecule has 0 spiro atoms. The molecule has 0 aliphatic carbocycles. The normalized spacial score (nSPS) is 16.3. The number of carbonyl (C=O) groups excluding carboxylic acids is 1. The summed E-state index contributed by atoms with van der Waals surface area (Å²) in [7, 11) is 0. The molecule has 0 aromatic heterocycles. The molecule has 3 heteroatoms. The predicted molar refractivity (Wildman–Crippen MR) is 39.2 cm³/mol. The van der Waals surface area contributed by atoms with E-state index < -0.39 is 5.72 Å². The van der Waals surface area contributed by atoms with Crippen LogP contribution in [0.25, 0.3) is 0 Å². The van der Waals surface area contributed by atoms with Gasteiger partial charge in [0, 0.05) is 0 Å². The molecule has 3 nitrogen and oxygen atoms in total. The first-order chi connectivity index (χ1) is 4.62. The molecule has 0 bridgehead atoms. The maximum absolute atomic E-state index is 9.98. The van der Waals surface area contributed by atoms with Crippen molar-refractivity contribution in [3.05, 3.63) is 0 Å². The van der Waals surface area contributed by atoms with E-state index in [-0.39, 0.29) is 0 Å². The van der Waals surface area contributed by atoms with E-state index in [2.05, 4.69) is 5.32 Å². The fourth-order valence-electron chi connectivity index (χ4n) is 0.545. The fraction of sp³-hybridized carbons (Fsp3) is 0.857. The van der Waals surface area contributed by atoms with Gasteiger partial charge in [-0.1, -0.05) is 13.3 Å². The highest BCUT2D eigenvalue weighted by Gasteiger charge is 2.17.